The molecule has 3 heteroatoms. The molecule has 0 heterocycles. The van der Waals surface area contributed by atoms with Crippen LogP contribution in [0.25, 0.3) is 0 Å². The maximum absolute atomic E-state index is 13.1. The predicted octanol–water partition coefficient (Wildman–Crippen LogP) is 2.66. The third kappa shape index (κ3) is 2.11. The normalized spacial score (nSPS) is 12.5. The van der Waals surface area contributed by atoms with E-state index in [0.29, 0.717) is 12.7 Å². The molecule has 1 nitrogen and oxygen atoms in total. The Bertz CT molecular complexity index is 310. The zero-order chi connectivity index (χ0) is 9.84. The molecule has 0 amide bonds. The fourth-order valence-electron chi connectivity index (χ4n) is 1.19. The summed E-state index contributed by atoms with van der Waals surface area (Å²) in [7, 11) is 0. The van der Waals surface area contributed by atoms with E-state index >= 15 is 0 Å². The van der Waals surface area contributed by atoms with Crippen molar-refractivity contribution in [1.29, 1.82) is 0 Å². The fraction of sp³-hybridized carbons (Fsp3) is 0.300. The van der Waals surface area contributed by atoms with Crippen LogP contribution in [0.2, 0.25) is 0 Å². The molecule has 0 bridgehead atoms. The van der Waals surface area contributed by atoms with Crippen LogP contribution in [0.1, 0.15) is 24.8 Å². The van der Waals surface area contributed by atoms with Gasteiger partial charge in [0.25, 0.3) is 0 Å². The highest BCUT2D eigenvalue weighted by molar-refractivity contribution is 5.62. The molecule has 13 heavy (non-hydrogen) atoms. The van der Waals surface area contributed by atoms with Crippen LogP contribution in [-0.4, -0.2) is 6.29 Å². The first kappa shape index (κ1) is 9.84. The second-order valence-corrected chi connectivity index (χ2v) is 2.82. The lowest BCUT2D eigenvalue weighted by Crippen LogP contribution is -2.02. The largest absolute Gasteiger partial charge is 0.303 e. The van der Waals surface area contributed by atoms with Crippen molar-refractivity contribution in [2.75, 3.05) is 0 Å². The minimum absolute atomic E-state index is 0.137. The molecule has 70 valence electrons. The van der Waals surface area contributed by atoms with Crippen molar-refractivity contribution < 1.29 is 13.6 Å². The molecule has 1 aromatic rings. The monoisotopic (exact) mass is 184 g/mol. The van der Waals surface area contributed by atoms with Gasteiger partial charge in [-0.1, -0.05) is 6.92 Å². The van der Waals surface area contributed by atoms with Gasteiger partial charge in [-0.2, -0.15) is 0 Å². The fourth-order valence-corrected chi connectivity index (χ4v) is 1.19. The third-order valence-electron chi connectivity index (χ3n) is 1.96. The van der Waals surface area contributed by atoms with E-state index in [9.17, 15) is 13.6 Å². The summed E-state index contributed by atoms with van der Waals surface area (Å²) in [4.78, 5) is 10.5. The summed E-state index contributed by atoms with van der Waals surface area (Å²) in [5, 5.41) is 0. The zero-order valence-corrected chi connectivity index (χ0v) is 7.26. The van der Waals surface area contributed by atoms with E-state index in [0.717, 1.165) is 18.2 Å². The molecule has 0 aliphatic heterocycles. The Morgan fingerprint density at radius 1 is 1.46 bits per heavy atom. The SMILES string of the molecule is CCC(C=O)c1cc(F)ccc1F. The van der Waals surface area contributed by atoms with Crippen LogP contribution in [-0.2, 0) is 4.79 Å². The van der Waals surface area contributed by atoms with Crippen molar-refractivity contribution in [3.63, 3.8) is 0 Å². The minimum Gasteiger partial charge on any atom is -0.303 e. The smallest absolute Gasteiger partial charge is 0.127 e. The van der Waals surface area contributed by atoms with Gasteiger partial charge in [0, 0.05) is 11.5 Å². The Balaban J connectivity index is 3.10. The van der Waals surface area contributed by atoms with Crippen molar-refractivity contribution in [3.8, 4) is 0 Å². The van der Waals surface area contributed by atoms with E-state index < -0.39 is 17.6 Å². The Hall–Kier alpha value is -1.25. The van der Waals surface area contributed by atoms with Crippen LogP contribution in [0.15, 0.2) is 18.2 Å². The lowest BCUT2D eigenvalue weighted by molar-refractivity contribution is -0.109. The molecule has 0 saturated carbocycles. The molecule has 1 atom stereocenters. The van der Waals surface area contributed by atoms with Crippen LogP contribution in [0, 0.1) is 11.6 Å². The molecule has 0 aliphatic rings. The number of carbonyl (C=O) groups is 1. The molecule has 0 fully saturated rings. The second kappa shape index (κ2) is 4.12. The molecule has 1 rings (SSSR count). The summed E-state index contributed by atoms with van der Waals surface area (Å²) in [5.74, 6) is -1.59. The van der Waals surface area contributed by atoms with Gasteiger partial charge in [-0.05, 0) is 24.6 Å². The number of aldehydes is 1. The van der Waals surface area contributed by atoms with Gasteiger partial charge in [0.1, 0.15) is 17.9 Å². The topological polar surface area (TPSA) is 17.1 Å². The van der Waals surface area contributed by atoms with Crippen molar-refractivity contribution >= 4 is 6.29 Å². The Labute approximate surface area is 75.4 Å². The van der Waals surface area contributed by atoms with Gasteiger partial charge in [-0.3, -0.25) is 0 Å². The molecule has 1 aromatic carbocycles. The van der Waals surface area contributed by atoms with E-state index in [-0.39, 0.29) is 5.56 Å². The maximum Gasteiger partial charge on any atom is 0.127 e. The van der Waals surface area contributed by atoms with Crippen LogP contribution in [0.3, 0.4) is 0 Å². The van der Waals surface area contributed by atoms with Gasteiger partial charge < -0.3 is 4.79 Å². The van der Waals surface area contributed by atoms with Crippen LogP contribution in [0.4, 0.5) is 8.78 Å². The van der Waals surface area contributed by atoms with Crippen LogP contribution < -0.4 is 0 Å². The molecule has 1 unspecified atom stereocenters. The van der Waals surface area contributed by atoms with Gasteiger partial charge in [-0.15, -0.1) is 0 Å². The first-order valence-electron chi connectivity index (χ1n) is 4.09. The van der Waals surface area contributed by atoms with Crippen LogP contribution in [0.5, 0.6) is 0 Å². The van der Waals surface area contributed by atoms with Crippen molar-refractivity contribution in [3.05, 3.63) is 35.4 Å². The lowest BCUT2D eigenvalue weighted by Gasteiger charge is -2.08. The van der Waals surface area contributed by atoms with Gasteiger partial charge in [0.15, 0.2) is 0 Å². The van der Waals surface area contributed by atoms with Gasteiger partial charge in [-0.25, -0.2) is 8.78 Å². The van der Waals surface area contributed by atoms with E-state index in [4.69, 9.17) is 0 Å². The summed E-state index contributed by atoms with van der Waals surface area (Å²) >= 11 is 0. The average molecular weight is 184 g/mol. The number of halogens is 2. The Morgan fingerprint density at radius 2 is 2.15 bits per heavy atom. The number of hydrogen-bond donors (Lipinski definition) is 0. The lowest BCUT2D eigenvalue weighted by atomic mass is 9.97. The number of benzene rings is 1. The van der Waals surface area contributed by atoms with Gasteiger partial charge in [0.05, 0.1) is 0 Å². The van der Waals surface area contributed by atoms with E-state index in [2.05, 4.69) is 0 Å². The van der Waals surface area contributed by atoms with Crippen molar-refractivity contribution in [1.82, 2.24) is 0 Å². The van der Waals surface area contributed by atoms with E-state index in [1.807, 2.05) is 0 Å². The number of carbonyl (C=O) groups excluding carboxylic acids is 1. The first-order valence-corrected chi connectivity index (χ1v) is 4.09. The molecule has 0 N–H and O–H groups in total. The van der Waals surface area contributed by atoms with Gasteiger partial charge >= 0.3 is 0 Å². The quantitative estimate of drug-likeness (QED) is 0.660. The second-order valence-electron chi connectivity index (χ2n) is 2.82. The molecular weight excluding hydrogens is 174 g/mol. The molecular formula is C10H10F2O. The Kier molecular flexibility index (Phi) is 3.12. The first-order chi connectivity index (χ1) is 6.19. The van der Waals surface area contributed by atoms with E-state index in [1.165, 1.54) is 0 Å². The highest BCUT2D eigenvalue weighted by Crippen LogP contribution is 2.21. The number of rotatable bonds is 3. The standard InChI is InChI=1S/C10H10F2O/c1-2-7(6-13)9-5-8(11)3-4-10(9)12/h3-7H,2H2,1H3. The molecule has 0 aromatic heterocycles. The Morgan fingerprint density at radius 3 is 2.69 bits per heavy atom. The molecule has 0 aliphatic carbocycles. The van der Waals surface area contributed by atoms with Crippen LogP contribution >= 0.6 is 0 Å². The summed E-state index contributed by atoms with van der Waals surface area (Å²) in [6.45, 7) is 1.75. The molecule has 0 radical (unpaired) electrons. The van der Waals surface area contributed by atoms with E-state index in [1.54, 1.807) is 6.92 Å². The van der Waals surface area contributed by atoms with Gasteiger partial charge in [0.2, 0.25) is 0 Å². The highest BCUT2D eigenvalue weighted by Gasteiger charge is 2.13. The third-order valence-corrected chi connectivity index (χ3v) is 1.96. The molecule has 0 saturated heterocycles. The highest BCUT2D eigenvalue weighted by atomic mass is 19.1. The summed E-state index contributed by atoms with van der Waals surface area (Å²) in [6.07, 6.45) is 1.11. The summed E-state index contributed by atoms with van der Waals surface area (Å²) in [5.41, 5.74) is 0.137. The summed E-state index contributed by atoms with van der Waals surface area (Å²) in [6, 6.07) is 3.14. The predicted molar refractivity (Wildman–Crippen MR) is 45.5 cm³/mol. The minimum atomic E-state index is -0.546. The average Bonchev–Trinajstić information content (AvgIpc) is 2.13. The molecule has 0 spiro atoms. The van der Waals surface area contributed by atoms with Crippen molar-refractivity contribution in [2.24, 2.45) is 0 Å². The summed E-state index contributed by atoms with van der Waals surface area (Å²) < 4.78 is 25.8. The zero-order valence-electron chi connectivity index (χ0n) is 7.26. The van der Waals surface area contributed by atoms with Crippen molar-refractivity contribution in [2.45, 2.75) is 19.3 Å². The number of hydrogen-bond acceptors (Lipinski definition) is 1. The maximum atomic E-state index is 13.1.